The van der Waals surface area contributed by atoms with Crippen molar-refractivity contribution in [2.24, 2.45) is 0 Å². The van der Waals surface area contributed by atoms with Crippen molar-refractivity contribution < 1.29 is 21.9 Å². The smallest absolute Gasteiger partial charge is 0.243 e. The zero-order valence-corrected chi connectivity index (χ0v) is 13.6. The van der Waals surface area contributed by atoms with Crippen molar-refractivity contribution >= 4 is 31.5 Å². The van der Waals surface area contributed by atoms with Gasteiger partial charge >= 0.3 is 0 Å². The fourth-order valence-electron chi connectivity index (χ4n) is 2.12. The maximum absolute atomic E-state index is 12.5. The molecule has 1 aromatic rings. The first-order chi connectivity index (χ1) is 9.76. The number of aliphatic hydroxyl groups excluding tert-OH is 1. The van der Waals surface area contributed by atoms with Gasteiger partial charge in [0.05, 0.1) is 23.0 Å². The summed E-state index contributed by atoms with van der Waals surface area (Å²) in [5.41, 5.74) is 0.439. The van der Waals surface area contributed by atoms with Crippen LogP contribution in [0.2, 0.25) is 5.02 Å². The van der Waals surface area contributed by atoms with Gasteiger partial charge in [-0.25, -0.2) is 16.8 Å². The lowest BCUT2D eigenvalue weighted by molar-refractivity contribution is 0.282. The average molecular weight is 354 g/mol. The third-order valence-electron chi connectivity index (χ3n) is 3.35. The van der Waals surface area contributed by atoms with E-state index >= 15 is 0 Å². The molecule has 0 aliphatic carbocycles. The van der Waals surface area contributed by atoms with Crippen molar-refractivity contribution in [2.75, 3.05) is 24.6 Å². The summed E-state index contributed by atoms with van der Waals surface area (Å²) in [5, 5.41) is 9.21. The Morgan fingerprint density at radius 2 is 1.95 bits per heavy atom. The second-order valence-electron chi connectivity index (χ2n) is 4.82. The standard InChI is InChI=1S/C12H16ClNO5S2/c13-12-8-11(3-2-10(12)9-15)21(18,19)14-4-1-6-20(16,17)7-5-14/h2-3,8,15H,1,4-7,9H2. The van der Waals surface area contributed by atoms with Gasteiger partial charge in [0.2, 0.25) is 10.0 Å². The van der Waals surface area contributed by atoms with E-state index in [9.17, 15) is 16.8 Å². The number of halogens is 1. The molecule has 0 aromatic heterocycles. The summed E-state index contributed by atoms with van der Waals surface area (Å²) in [6, 6.07) is 4.10. The first-order valence-corrected chi connectivity index (χ1v) is 10.00. The first-order valence-electron chi connectivity index (χ1n) is 6.36. The van der Waals surface area contributed by atoms with E-state index in [2.05, 4.69) is 0 Å². The van der Waals surface area contributed by atoms with Crippen molar-refractivity contribution in [3.8, 4) is 0 Å². The second-order valence-corrected chi connectivity index (χ2v) is 9.47. The topological polar surface area (TPSA) is 91.8 Å². The van der Waals surface area contributed by atoms with Gasteiger partial charge in [-0.2, -0.15) is 4.31 Å². The van der Waals surface area contributed by atoms with Gasteiger partial charge in [0.25, 0.3) is 0 Å². The number of nitrogens with zero attached hydrogens (tertiary/aromatic N) is 1. The fraction of sp³-hybridized carbons (Fsp3) is 0.500. The molecule has 1 fully saturated rings. The highest BCUT2D eigenvalue weighted by Gasteiger charge is 2.29. The molecule has 1 N–H and O–H groups in total. The molecule has 9 heteroatoms. The highest BCUT2D eigenvalue weighted by atomic mass is 35.5. The van der Waals surface area contributed by atoms with Gasteiger partial charge in [0.1, 0.15) is 0 Å². The number of sulfone groups is 1. The van der Waals surface area contributed by atoms with Gasteiger partial charge in [0, 0.05) is 18.1 Å². The van der Waals surface area contributed by atoms with Gasteiger partial charge in [0.15, 0.2) is 9.84 Å². The van der Waals surface area contributed by atoms with E-state index in [-0.39, 0.29) is 47.5 Å². The highest BCUT2D eigenvalue weighted by molar-refractivity contribution is 7.91. The van der Waals surface area contributed by atoms with Gasteiger partial charge < -0.3 is 5.11 Å². The number of rotatable bonds is 3. The monoisotopic (exact) mass is 353 g/mol. The van der Waals surface area contributed by atoms with Crippen LogP contribution in [-0.2, 0) is 26.5 Å². The molecule has 0 unspecified atom stereocenters. The molecule has 1 heterocycles. The van der Waals surface area contributed by atoms with E-state index in [4.69, 9.17) is 16.7 Å². The Kier molecular flexibility index (Phi) is 4.94. The van der Waals surface area contributed by atoms with Crippen LogP contribution in [0.15, 0.2) is 23.1 Å². The Morgan fingerprint density at radius 1 is 1.24 bits per heavy atom. The molecule has 118 valence electrons. The van der Waals surface area contributed by atoms with Gasteiger partial charge in [-0.05, 0) is 24.1 Å². The minimum Gasteiger partial charge on any atom is -0.392 e. The maximum Gasteiger partial charge on any atom is 0.243 e. The molecule has 1 aromatic carbocycles. The van der Waals surface area contributed by atoms with Crippen LogP contribution in [0.3, 0.4) is 0 Å². The number of aliphatic hydroxyl groups is 1. The van der Waals surface area contributed by atoms with Crippen LogP contribution in [0, 0.1) is 0 Å². The molecule has 0 amide bonds. The Labute approximate surface area is 129 Å². The summed E-state index contributed by atoms with van der Waals surface area (Å²) in [5.74, 6) is -0.169. The van der Waals surface area contributed by atoms with Crippen LogP contribution in [0.5, 0.6) is 0 Å². The Morgan fingerprint density at radius 3 is 2.57 bits per heavy atom. The summed E-state index contributed by atoms with van der Waals surface area (Å²) < 4.78 is 49.3. The lowest BCUT2D eigenvalue weighted by atomic mass is 10.2. The molecule has 1 saturated heterocycles. The van der Waals surface area contributed by atoms with Crippen molar-refractivity contribution in [3.63, 3.8) is 0 Å². The SMILES string of the molecule is O=S1(=O)CCCN(S(=O)(=O)c2ccc(CO)c(Cl)c2)CC1. The van der Waals surface area contributed by atoms with Crippen molar-refractivity contribution in [3.05, 3.63) is 28.8 Å². The van der Waals surface area contributed by atoms with Crippen LogP contribution < -0.4 is 0 Å². The molecule has 0 spiro atoms. The molecular formula is C12H16ClNO5S2. The van der Waals surface area contributed by atoms with Crippen molar-refractivity contribution in [1.82, 2.24) is 4.31 Å². The fourth-order valence-corrected chi connectivity index (χ4v) is 5.32. The van der Waals surface area contributed by atoms with Crippen LogP contribution in [0.4, 0.5) is 0 Å². The maximum atomic E-state index is 12.5. The minimum absolute atomic E-state index is 0.00320. The quantitative estimate of drug-likeness (QED) is 0.861. The van der Waals surface area contributed by atoms with Crippen LogP contribution >= 0.6 is 11.6 Å². The summed E-state index contributed by atoms with van der Waals surface area (Å²) in [7, 11) is -6.96. The molecular weight excluding hydrogens is 338 g/mol. The zero-order valence-electron chi connectivity index (χ0n) is 11.2. The summed E-state index contributed by atoms with van der Waals surface area (Å²) in [6.07, 6.45) is 0.282. The van der Waals surface area contributed by atoms with Crippen LogP contribution in [0.25, 0.3) is 0 Å². The molecule has 21 heavy (non-hydrogen) atoms. The van der Waals surface area contributed by atoms with E-state index in [1.54, 1.807) is 0 Å². The highest BCUT2D eigenvalue weighted by Crippen LogP contribution is 2.24. The number of hydrogen-bond donors (Lipinski definition) is 1. The Bertz CT molecular complexity index is 730. The molecule has 1 aliphatic heterocycles. The Balaban J connectivity index is 2.31. The number of sulfonamides is 1. The molecule has 6 nitrogen and oxygen atoms in total. The summed E-state index contributed by atoms with van der Waals surface area (Å²) in [6.45, 7) is -0.161. The average Bonchev–Trinajstić information content (AvgIpc) is 2.60. The third-order valence-corrected chi connectivity index (χ3v) is 7.31. The third kappa shape index (κ3) is 3.75. The number of benzene rings is 1. The summed E-state index contributed by atoms with van der Waals surface area (Å²) >= 11 is 5.91. The van der Waals surface area contributed by atoms with E-state index in [0.29, 0.717) is 5.56 Å². The minimum atomic E-state index is -3.78. The Hall–Kier alpha value is -0.670. The number of hydrogen-bond acceptors (Lipinski definition) is 5. The zero-order chi connectivity index (χ0) is 15.7. The van der Waals surface area contributed by atoms with Crippen molar-refractivity contribution in [2.45, 2.75) is 17.9 Å². The first kappa shape index (κ1) is 16.7. The largest absolute Gasteiger partial charge is 0.392 e. The van der Waals surface area contributed by atoms with E-state index < -0.39 is 19.9 Å². The van der Waals surface area contributed by atoms with Crippen LogP contribution in [0.1, 0.15) is 12.0 Å². The van der Waals surface area contributed by atoms with E-state index in [0.717, 1.165) is 0 Å². The summed E-state index contributed by atoms with van der Waals surface area (Å²) in [4.78, 5) is 0.00370. The van der Waals surface area contributed by atoms with E-state index in [1.807, 2.05) is 0 Å². The van der Waals surface area contributed by atoms with Gasteiger partial charge in [-0.15, -0.1) is 0 Å². The normalized spacial score (nSPS) is 20.1. The molecule has 1 aliphatic rings. The predicted molar refractivity (Wildman–Crippen MR) is 79.4 cm³/mol. The molecule has 2 rings (SSSR count). The van der Waals surface area contributed by atoms with Gasteiger partial charge in [-0.3, -0.25) is 0 Å². The lowest BCUT2D eigenvalue weighted by Gasteiger charge is -2.19. The van der Waals surface area contributed by atoms with Gasteiger partial charge in [-0.1, -0.05) is 17.7 Å². The molecule has 0 saturated carbocycles. The molecule has 0 atom stereocenters. The second kappa shape index (κ2) is 6.21. The lowest BCUT2D eigenvalue weighted by Crippen LogP contribution is -2.33. The van der Waals surface area contributed by atoms with E-state index in [1.165, 1.54) is 22.5 Å². The predicted octanol–water partition coefficient (Wildman–Crippen LogP) is 0.642. The van der Waals surface area contributed by atoms with Crippen LogP contribution in [-0.4, -0.2) is 50.8 Å². The molecule has 0 radical (unpaired) electrons. The van der Waals surface area contributed by atoms with Crippen molar-refractivity contribution in [1.29, 1.82) is 0 Å². The molecule has 0 bridgehead atoms.